The molecule has 12 heavy (non-hydrogen) atoms. The summed E-state index contributed by atoms with van der Waals surface area (Å²) in [6.07, 6.45) is 1.66. The second-order valence-electron chi connectivity index (χ2n) is 2.32. The quantitative estimate of drug-likeness (QED) is 0.684. The van der Waals surface area contributed by atoms with Gasteiger partial charge in [0.1, 0.15) is 0 Å². The van der Waals surface area contributed by atoms with Crippen molar-refractivity contribution in [3.63, 3.8) is 0 Å². The highest BCUT2D eigenvalue weighted by Gasteiger charge is 2.02. The molecular weight excluding hydrogens is 154 g/mol. The molecule has 0 aliphatic carbocycles. The van der Waals surface area contributed by atoms with E-state index < -0.39 is 0 Å². The fraction of sp³-hybridized carbons (Fsp3) is 0.375. The molecule has 1 aromatic heterocycles. The summed E-state index contributed by atoms with van der Waals surface area (Å²) in [4.78, 5) is 9.16. The number of nitrogens with two attached hydrogens (primary N) is 1. The Morgan fingerprint density at radius 1 is 1.67 bits per heavy atom. The number of pyridine rings is 1. The van der Waals surface area contributed by atoms with E-state index in [1.807, 2.05) is 6.92 Å². The van der Waals surface area contributed by atoms with Crippen LogP contribution in [0, 0.1) is 0 Å². The molecule has 0 saturated heterocycles. The van der Waals surface area contributed by atoms with Gasteiger partial charge in [0.15, 0.2) is 5.82 Å². The number of hydroxylamine groups is 1. The fourth-order valence-corrected chi connectivity index (χ4v) is 0.955. The number of rotatable bonds is 3. The standard InChI is InChI=1S/C8H13N3O/c1-3-11(12-2)8-6-7(9)4-5-10-8/h4-6H,3H2,1-2H3,(H2,9,10). The summed E-state index contributed by atoms with van der Waals surface area (Å²) in [7, 11) is 1.61. The third-order valence-corrected chi connectivity index (χ3v) is 1.53. The fourth-order valence-electron chi connectivity index (χ4n) is 0.955. The van der Waals surface area contributed by atoms with Crippen LogP contribution in [-0.4, -0.2) is 18.6 Å². The molecule has 0 radical (unpaired) electrons. The van der Waals surface area contributed by atoms with Gasteiger partial charge in [-0.1, -0.05) is 0 Å². The number of nitrogens with zero attached hydrogens (tertiary/aromatic N) is 2. The Kier molecular flexibility index (Phi) is 2.88. The first-order valence-electron chi connectivity index (χ1n) is 3.81. The average Bonchev–Trinajstić information content (AvgIpc) is 2.07. The Bertz CT molecular complexity index is 248. The van der Waals surface area contributed by atoms with Crippen molar-refractivity contribution in [2.75, 3.05) is 24.5 Å². The minimum atomic E-state index is 0.690. The predicted molar refractivity (Wildman–Crippen MR) is 48.7 cm³/mol. The first kappa shape index (κ1) is 8.80. The van der Waals surface area contributed by atoms with Gasteiger partial charge in [-0.2, -0.15) is 0 Å². The maximum Gasteiger partial charge on any atom is 0.154 e. The molecule has 0 spiro atoms. The Morgan fingerprint density at radius 3 is 2.92 bits per heavy atom. The molecule has 66 valence electrons. The van der Waals surface area contributed by atoms with Crippen LogP contribution in [0.15, 0.2) is 18.3 Å². The van der Waals surface area contributed by atoms with Crippen LogP contribution in [0.5, 0.6) is 0 Å². The second kappa shape index (κ2) is 3.92. The molecule has 0 unspecified atom stereocenters. The van der Waals surface area contributed by atoms with Crippen molar-refractivity contribution < 1.29 is 4.84 Å². The molecule has 0 fully saturated rings. The van der Waals surface area contributed by atoms with Gasteiger partial charge in [0, 0.05) is 24.5 Å². The zero-order valence-electron chi connectivity index (χ0n) is 7.32. The van der Waals surface area contributed by atoms with E-state index in [9.17, 15) is 0 Å². The highest BCUT2D eigenvalue weighted by molar-refractivity contribution is 5.48. The molecule has 0 saturated carbocycles. The predicted octanol–water partition coefficient (Wildman–Crippen LogP) is 1.05. The number of hydrogen-bond acceptors (Lipinski definition) is 4. The lowest BCUT2D eigenvalue weighted by molar-refractivity contribution is 0.168. The molecule has 4 heteroatoms. The number of nitrogen functional groups attached to an aromatic ring is 1. The minimum Gasteiger partial charge on any atom is -0.399 e. The summed E-state index contributed by atoms with van der Waals surface area (Å²) < 4.78 is 0. The summed E-state index contributed by atoms with van der Waals surface area (Å²) in [5.41, 5.74) is 6.27. The first-order valence-corrected chi connectivity index (χ1v) is 3.81. The first-order chi connectivity index (χ1) is 5.77. The molecule has 0 aliphatic heterocycles. The van der Waals surface area contributed by atoms with Crippen LogP contribution < -0.4 is 10.8 Å². The number of aromatic nitrogens is 1. The van der Waals surface area contributed by atoms with E-state index in [0.29, 0.717) is 5.69 Å². The van der Waals surface area contributed by atoms with Crippen molar-refractivity contribution in [2.24, 2.45) is 0 Å². The topological polar surface area (TPSA) is 51.4 Å². The van der Waals surface area contributed by atoms with Gasteiger partial charge in [-0.25, -0.2) is 10.0 Å². The van der Waals surface area contributed by atoms with Crippen LogP contribution >= 0.6 is 0 Å². The van der Waals surface area contributed by atoms with Gasteiger partial charge in [-0.15, -0.1) is 0 Å². The van der Waals surface area contributed by atoms with Crippen molar-refractivity contribution in [2.45, 2.75) is 6.92 Å². The van der Waals surface area contributed by atoms with E-state index in [0.717, 1.165) is 12.4 Å². The largest absolute Gasteiger partial charge is 0.399 e. The SMILES string of the molecule is CCN(OC)c1cc(N)ccn1. The van der Waals surface area contributed by atoms with E-state index in [4.69, 9.17) is 10.6 Å². The maximum absolute atomic E-state index is 5.58. The Hall–Kier alpha value is -1.29. The lowest BCUT2D eigenvalue weighted by Crippen LogP contribution is -2.21. The monoisotopic (exact) mass is 167 g/mol. The molecular formula is C8H13N3O. The molecule has 0 aromatic carbocycles. The van der Waals surface area contributed by atoms with Gasteiger partial charge < -0.3 is 5.73 Å². The summed E-state index contributed by atoms with van der Waals surface area (Å²) in [6.45, 7) is 2.72. The molecule has 0 atom stereocenters. The number of hydrogen-bond donors (Lipinski definition) is 1. The Morgan fingerprint density at radius 2 is 2.42 bits per heavy atom. The van der Waals surface area contributed by atoms with Crippen LogP contribution in [0.25, 0.3) is 0 Å². The smallest absolute Gasteiger partial charge is 0.154 e. The van der Waals surface area contributed by atoms with Gasteiger partial charge in [0.2, 0.25) is 0 Å². The molecule has 4 nitrogen and oxygen atoms in total. The van der Waals surface area contributed by atoms with Gasteiger partial charge in [0.25, 0.3) is 0 Å². The highest BCUT2D eigenvalue weighted by Crippen LogP contribution is 2.12. The van der Waals surface area contributed by atoms with E-state index in [-0.39, 0.29) is 0 Å². The van der Waals surface area contributed by atoms with Crippen molar-refractivity contribution in [3.05, 3.63) is 18.3 Å². The van der Waals surface area contributed by atoms with Crippen molar-refractivity contribution in [1.29, 1.82) is 0 Å². The van der Waals surface area contributed by atoms with Crippen LogP contribution in [0.1, 0.15) is 6.92 Å². The van der Waals surface area contributed by atoms with Crippen LogP contribution in [0.3, 0.4) is 0 Å². The van der Waals surface area contributed by atoms with E-state index in [2.05, 4.69) is 4.98 Å². The average molecular weight is 167 g/mol. The molecule has 0 bridgehead atoms. The molecule has 1 heterocycles. The van der Waals surface area contributed by atoms with Crippen LogP contribution in [0.4, 0.5) is 11.5 Å². The zero-order valence-corrected chi connectivity index (χ0v) is 7.32. The van der Waals surface area contributed by atoms with Gasteiger partial charge in [-0.05, 0) is 13.0 Å². The third kappa shape index (κ3) is 1.85. The molecule has 0 amide bonds. The van der Waals surface area contributed by atoms with Crippen LogP contribution in [-0.2, 0) is 4.84 Å². The van der Waals surface area contributed by atoms with E-state index in [1.165, 1.54) is 0 Å². The molecule has 2 N–H and O–H groups in total. The van der Waals surface area contributed by atoms with E-state index >= 15 is 0 Å². The van der Waals surface area contributed by atoms with Gasteiger partial charge >= 0.3 is 0 Å². The van der Waals surface area contributed by atoms with Crippen molar-refractivity contribution >= 4 is 11.5 Å². The second-order valence-corrected chi connectivity index (χ2v) is 2.32. The van der Waals surface area contributed by atoms with Gasteiger partial charge in [-0.3, -0.25) is 4.84 Å². The lowest BCUT2D eigenvalue weighted by Gasteiger charge is -2.18. The molecule has 1 rings (SSSR count). The van der Waals surface area contributed by atoms with Crippen molar-refractivity contribution in [1.82, 2.24) is 4.98 Å². The highest BCUT2D eigenvalue weighted by atomic mass is 16.7. The summed E-state index contributed by atoms with van der Waals surface area (Å²) in [5, 5.41) is 1.66. The third-order valence-electron chi connectivity index (χ3n) is 1.53. The minimum absolute atomic E-state index is 0.690. The molecule has 1 aromatic rings. The number of anilines is 2. The van der Waals surface area contributed by atoms with Gasteiger partial charge in [0.05, 0.1) is 7.11 Å². The molecule has 0 aliphatic rings. The maximum atomic E-state index is 5.58. The summed E-state index contributed by atoms with van der Waals surface area (Å²) in [6, 6.07) is 3.51. The van der Waals surface area contributed by atoms with E-state index in [1.54, 1.807) is 30.5 Å². The summed E-state index contributed by atoms with van der Waals surface area (Å²) >= 11 is 0. The normalized spacial score (nSPS) is 9.83. The Labute approximate surface area is 71.9 Å². The summed E-state index contributed by atoms with van der Waals surface area (Å²) in [5.74, 6) is 0.736. The zero-order chi connectivity index (χ0) is 8.97. The van der Waals surface area contributed by atoms with Crippen LogP contribution in [0.2, 0.25) is 0 Å². The Balaban J connectivity index is 2.85. The van der Waals surface area contributed by atoms with Crippen molar-refractivity contribution in [3.8, 4) is 0 Å². The lowest BCUT2D eigenvalue weighted by atomic mass is 10.4.